The number of hydrogen-bond donors (Lipinski definition) is 1. The Morgan fingerprint density at radius 1 is 1.21 bits per heavy atom. The van der Waals surface area contributed by atoms with Crippen molar-refractivity contribution in [2.24, 2.45) is 0 Å². The Morgan fingerprint density at radius 2 is 1.97 bits per heavy atom. The summed E-state index contributed by atoms with van der Waals surface area (Å²) in [5.41, 5.74) is 3.00. The van der Waals surface area contributed by atoms with Gasteiger partial charge in [-0.25, -0.2) is 8.42 Å². The Morgan fingerprint density at radius 3 is 2.69 bits per heavy atom. The molecule has 0 amide bonds. The molecule has 3 aromatic rings. The van der Waals surface area contributed by atoms with Gasteiger partial charge < -0.3 is 4.74 Å². The van der Waals surface area contributed by atoms with Gasteiger partial charge in [0.1, 0.15) is 5.75 Å². The van der Waals surface area contributed by atoms with Gasteiger partial charge in [0.05, 0.1) is 35.1 Å². The van der Waals surface area contributed by atoms with Crippen molar-refractivity contribution in [3.63, 3.8) is 0 Å². The maximum Gasteiger partial charge on any atom is 0.264 e. The van der Waals surface area contributed by atoms with E-state index in [4.69, 9.17) is 16.3 Å². The van der Waals surface area contributed by atoms with Gasteiger partial charge in [-0.3, -0.25) is 9.40 Å². The van der Waals surface area contributed by atoms with Crippen LogP contribution in [-0.4, -0.2) is 25.2 Å². The van der Waals surface area contributed by atoms with Crippen LogP contribution in [0.2, 0.25) is 5.02 Å². The van der Waals surface area contributed by atoms with Crippen LogP contribution in [0.25, 0.3) is 11.3 Å². The molecule has 29 heavy (non-hydrogen) atoms. The summed E-state index contributed by atoms with van der Waals surface area (Å²) >= 11 is 5.95. The highest BCUT2D eigenvalue weighted by molar-refractivity contribution is 7.92. The van der Waals surface area contributed by atoms with Gasteiger partial charge in [0.25, 0.3) is 10.0 Å². The largest absolute Gasteiger partial charge is 0.494 e. The van der Waals surface area contributed by atoms with Crippen molar-refractivity contribution in [2.75, 3.05) is 10.9 Å². The van der Waals surface area contributed by atoms with Gasteiger partial charge in [0.15, 0.2) is 0 Å². The summed E-state index contributed by atoms with van der Waals surface area (Å²) in [6.45, 7) is 4.54. The lowest BCUT2D eigenvalue weighted by molar-refractivity contribution is 0.309. The second-order valence-corrected chi connectivity index (χ2v) is 9.26. The number of benzene rings is 2. The second kappa shape index (κ2) is 7.72. The Labute approximate surface area is 175 Å². The van der Waals surface area contributed by atoms with Crippen molar-refractivity contribution in [3.05, 3.63) is 59.2 Å². The highest BCUT2D eigenvalue weighted by Gasteiger charge is 2.38. The van der Waals surface area contributed by atoms with Crippen molar-refractivity contribution < 1.29 is 13.2 Å². The number of aromatic amines is 1. The molecule has 0 radical (unpaired) electrons. The molecule has 1 atom stereocenters. The minimum absolute atomic E-state index is 0.184. The summed E-state index contributed by atoms with van der Waals surface area (Å²) in [5, 5.41) is 7.63. The maximum atomic E-state index is 13.6. The number of fused-ring (bicyclic) bond motifs is 3. The SMILES string of the molecule is CCCCOc1ccc2c(c1)N(S(=O)(=O)c1ccc(Cl)cc1)C(C)c1cn[nH]c1-2. The predicted octanol–water partition coefficient (Wildman–Crippen LogP) is 5.18. The van der Waals surface area contributed by atoms with Crippen molar-refractivity contribution >= 4 is 27.3 Å². The van der Waals surface area contributed by atoms with Crippen LogP contribution in [0.15, 0.2) is 53.6 Å². The Balaban J connectivity index is 1.84. The standard InChI is InChI=1S/C21H22ClN3O3S/c1-3-4-11-28-16-7-10-18-20(12-16)25(14(2)19-13-23-24-21(18)19)29(26,27)17-8-5-15(22)6-9-17/h5-10,12-14H,3-4,11H2,1-2H3,(H,23,24). The summed E-state index contributed by atoms with van der Waals surface area (Å²) in [4.78, 5) is 0.184. The van der Waals surface area contributed by atoms with Crippen LogP contribution in [0.1, 0.15) is 38.3 Å². The molecule has 0 spiro atoms. The normalized spacial score (nSPS) is 15.7. The van der Waals surface area contributed by atoms with Gasteiger partial charge in [0, 0.05) is 22.2 Å². The lowest BCUT2D eigenvalue weighted by Gasteiger charge is -2.35. The first-order chi connectivity index (χ1) is 13.9. The number of unbranched alkanes of at least 4 members (excludes halogenated alkanes) is 1. The highest BCUT2D eigenvalue weighted by atomic mass is 35.5. The van der Waals surface area contributed by atoms with E-state index in [9.17, 15) is 8.42 Å². The van der Waals surface area contributed by atoms with Gasteiger partial charge in [-0.1, -0.05) is 24.9 Å². The average Bonchev–Trinajstić information content (AvgIpc) is 3.19. The second-order valence-electron chi connectivity index (χ2n) is 7.01. The Hall–Kier alpha value is -2.51. The van der Waals surface area contributed by atoms with Crippen molar-refractivity contribution in [1.29, 1.82) is 0 Å². The van der Waals surface area contributed by atoms with E-state index in [0.29, 0.717) is 23.1 Å². The Kier molecular flexibility index (Phi) is 5.27. The molecule has 1 aliphatic rings. The first kappa shape index (κ1) is 19.8. The molecule has 0 aliphatic carbocycles. The van der Waals surface area contributed by atoms with Gasteiger partial charge in [-0.15, -0.1) is 0 Å². The van der Waals surface area contributed by atoms with Crippen LogP contribution in [-0.2, 0) is 10.0 Å². The molecule has 6 nitrogen and oxygen atoms in total. The van der Waals surface area contributed by atoms with Crippen LogP contribution in [0.4, 0.5) is 5.69 Å². The number of nitrogens with zero attached hydrogens (tertiary/aromatic N) is 2. The number of sulfonamides is 1. The number of H-pyrrole nitrogens is 1. The third-order valence-electron chi connectivity index (χ3n) is 5.08. The molecule has 1 unspecified atom stereocenters. The summed E-state index contributed by atoms with van der Waals surface area (Å²) in [6, 6.07) is 11.3. The fourth-order valence-corrected chi connectivity index (χ4v) is 5.32. The summed E-state index contributed by atoms with van der Waals surface area (Å²) in [7, 11) is -3.83. The van der Waals surface area contributed by atoms with Crippen molar-refractivity contribution in [3.8, 4) is 17.0 Å². The smallest absolute Gasteiger partial charge is 0.264 e. The fraction of sp³-hybridized carbons (Fsp3) is 0.286. The summed E-state index contributed by atoms with van der Waals surface area (Å²) in [6.07, 6.45) is 3.64. The van der Waals surface area contributed by atoms with Crippen LogP contribution in [0.3, 0.4) is 0 Å². The van der Waals surface area contributed by atoms with E-state index >= 15 is 0 Å². The molecule has 1 N–H and O–H groups in total. The van der Waals surface area contributed by atoms with Crippen molar-refractivity contribution in [2.45, 2.75) is 37.6 Å². The monoisotopic (exact) mass is 431 g/mol. The topological polar surface area (TPSA) is 75.3 Å². The molecule has 2 aromatic carbocycles. The third kappa shape index (κ3) is 3.49. The molecule has 8 heteroatoms. The van der Waals surface area contributed by atoms with E-state index < -0.39 is 16.1 Å². The van der Waals surface area contributed by atoms with E-state index in [-0.39, 0.29) is 4.90 Å². The van der Waals surface area contributed by atoms with Crippen molar-refractivity contribution in [1.82, 2.24) is 10.2 Å². The molecule has 4 rings (SSSR count). The number of nitrogens with one attached hydrogen (secondary N) is 1. The molecular weight excluding hydrogens is 410 g/mol. The molecule has 0 fully saturated rings. The van der Waals surface area contributed by atoms with E-state index in [1.165, 1.54) is 16.4 Å². The molecule has 1 aromatic heterocycles. The Bertz CT molecular complexity index is 1130. The molecule has 1 aliphatic heterocycles. The minimum atomic E-state index is -3.83. The van der Waals surface area contributed by atoms with E-state index in [1.54, 1.807) is 24.4 Å². The van der Waals surface area contributed by atoms with Crippen LogP contribution in [0, 0.1) is 0 Å². The average molecular weight is 432 g/mol. The molecule has 2 heterocycles. The quantitative estimate of drug-likeness (QED) is 0.545. The summed E-state index contributed by atoms with van der Waals surface area (Å²) in [5.74, 6) is 0.642. The fourth-order valence-electron chi connectivity index (χ4n) is 3.55. The number of anilines is 1. The van der Waals surface area contributed by atoms with E-state index in [1.807, 2.05) is 19.1 Å². The van der Waals surface area contributed by atoms with Gasteiger partial charge in [0.2, 0.25) is 0 Å². The van der Waals surface area contributed by atoms with Crippen LogP contribution < -0.4 is 9.04 Å². The zero-order valence-corrected chi connectivity index (χ0v) is 17.8. The number of hydrogen-bond acceptors (Lipinski definition) is 4. The number of aromatic nitrogens is 2. The zero-order chi connectivity index (χ0) is 20.6. The maximum absolute atomic E-state index is 13.6. The van der Waals surface area contributed by atoms with Crippen LogP contribution >= 0.6 is 11.6 Å². The third-order valence-corrected chi connectivity index (χ3v) is 7.23. The minimum Gasteiger partial charge on any atom is -0.494 e. The number of rotatable bonds is 6. The molecule has 0 saturated heterocycles. The van der Waals surface area contributed by atoms with E-state index in [0.717, 1.165) is 29.7 Å². The molecule has 0 saturated carbocycles. The first-order valence-electron chi connectivity index (χ1n) is 9.54. The first-order valence-corrected chi connectivity index (χ1v) is 11.4. The highest BCUT2D eigenvalue weighted by Crippen LogP contribution is 2.47. The zero-order valence-electron chi connectivity index (χ0n) is 16.2. The van der Waals surface area contributed by atoms with Gasteiger partial charge in [-0.05, 0) is 49.7 Å². The predicted molar refractivity (Wildman–Crippen MR) is 114 cm³/mol. The molecule has 152 valence electrons. The number of halogens is 1. The molecule has 0 bridgehead atoms. The lowest BCUT2D eigenvalue weighted by atomic mass is 9.97. The van der Waals surface area contributed by atoms with Gasteiger partial charge >= 0.3 is 0 Å². The number of ether oxygens (including phenoxy) is 1. The summed E-state index contributed by atoms with van der Waals surface area (Å²) < 4.78 is 34.4. The van der Waals surface area contributed by atoms with Crippen LogP contribution in [0.5, 0.6) is 5.75 Å². The van der Waals surface area contributed by atoms with E-state index in [2.05, 4.69) is 17.1 Å². The lowest BCUT2D eigenvalue weighted by Crippen LogP contribution is -2.36. The molecular formula is C21H22ClN3O3S. The van der Waals surface area contributed by atoms with Gasteiger partial charge in [-0.2, -0.15) is 5.10 Å².